The van der Waals surface area contributed by atoms with E-state index in [9.17, 15) is 10.2 Å². The van der Waals surface area contributed by atoms with Gasteiger partial charge in [0.2, 0.25) is 0 Å². The number of aromatic nitrogens is 1. The Balaban J connectivity index is 2.78. The van der Waals surface area contributed by atoms with Gasteiger partial charge in [-0.2, -0.15) is 0 Å². The van der Waals surface area contributed by atoms with Gasteiger partial charge in [-0.25, -0.2) is 4.98 Å². The standard InChI is InChI=1S/C10H16ClN3O2/c1-13-5-4-7(15)10(16)9-6(12)2-3-8(11)14-9/h2-3,7,10,13,15-16H,4-5,12H2,1H3. The van der Waals surface area contributed by atoms with Crippen LogP contribution >= 0.6 is 11.6 Å². The van der Waals surface area contributed by atoms with Crippen molar-refractivity contribution in [1.82, 2.24) is 10.3 Å². The molecule has 0 aliphatic carbocycles. The fraction of sp³-hybridized carbons (Fsp3) is 0.500. The number of hydrogen-bond donors (Lipinski definition) is 4. The molecule has 0 aromatic carbocycles. The topological polar surface area (TPSA) is 91.4 Å². The van der Waals surface area contributed by atoms with E-state index in [1.54, 1.807) is 13.1 Å². The molecular formula is C10H16ClN3O2. The van der Waals surface area contributed by atoms with Crippen LogP contribution in [0.25, 0.3) is 0 Å². The minimum absolute atomic E-state index is 0.219. The SMILES string of the molecule is CNCCC(O)C(O)c1nc(Cl)ccc1N. The molecule has 0 radical (unpaired) electrons. The van der Waals surface area contributed by atoms with E-state index in [0.717, 1.165) is 0 Å². The molecule has 5 N–H and O–H groups in total. The normalized spacial score (nSPS) is 14.8. The second kappa shape index (κ2) is 6.00. The predicted molar refractivity (Wildman–Crippen MR) is 63.2 cm³/mol. The van der Waals surface area contributed by atoms with E-state index in [2.05, 4.69) is 10.3 Å². The highest BCUT2D eigenvalue weighted by Gasteiger charge is 2.21. The number of rotatable bonds is 5. The summed E-state index contributed by atoms with van der Waals surface area (Å²) < 4.78 is 0. The zero-order chi connectivity index (χ0) is 12.1. The van der Waals surface area contributed by atoms with Gasteiger partial charge in [-0.05, 0) is 32.1 Å². The third-order valence-electron chi connectivity index (χ3n) is 2.26. The van der Waals surface area contributed by atoms with E-state index in [0.29, 0.717) is 18.7 Å². The van der Waals surface area contributed by atoms with Crippen LogP contribution in [-0.2, 0) is 0 Å². The Labute approximate surface area is 99.3 Å². The summed E-state index contributed by atoms with van der Waals surface area (Å²) in [4.78, 5) is 3.91. The molecule has 1 aromatic rings. The molecule has 0 aliphatic rings. The molecule has 1 aromatic heterocycles. The van der Waals surface area contributed by atoms with Crippen LogP contribution in [0.3, 0.4) is 0 Å². The molecule has 2 unspecified atom stereocenters. The largest absolute Gasteiger partial charge is 0.397 e. The summed E-state index contributed by atoms with van der Waals surface area (Å²) in [6.07, 6.45) is -1.63. The van der Waals surface area contributed by atoms with Crippen molar-refractivity contribution in [2.24, 2.45) is 0 Å². The Morgan fingerprint density at radius 1 is 1.50 bits per heavy atom. The first kappa shape index (κ1) is 13.2. The number of halogens is 1. The Morgan fingerprint density at radius 3 is 2.81 bits per heavy atom. The third kappa shape index (κ3) is 3.31. The van der Waals surface area contributed by atoms with Crippen LogP contribution in [0.4, 0.5) is 5.69 Å². The van der Waals surface area contributed by atoms with Crippen molar-refractivity contribution < 1.29 is 10.2 Å². The number of nitrogens with two attached hydrogens (primary N) is 1. The fourth-order valence-corrected chi connectivity index (χ4v) is 1.48. The maximum absolute atomic E-state index is 9.84. The van der Waals surface area contributed by atoms with Crippen molar-refractivity contribution in [2.45, 2.75) is 18.6 Å². The van der Waals surface area contributed by atoms with Crippen LogP contribution in [0.1, 0.15) is 18.2 Å². The van der Waals surface area contributed by atoms with Crippen LogP contribution < -0.4 is 11.1 Å². The van der Waals surface area contributed by atoms with E-state index in [1.165, 1.54) is 6.07 Å². The Morgan fingerprint density at radius 2 is 2.19 bits per heavy atom. The summed E-state index contributed by atoms with van der Waals surface area (Å²) in [5.41, 5.74) is 6.19. The highest BCUT2D eigenvalue weighted by Crippen LogP contribution is 2.24. The van der Waals surface area contributed by atoms with Gasteiger partial charge in [0.25, 0.3) is 0 Å². The molecule has 0 fully saturated rings. The average Bonchev–Trinajstić information content (AvgIpc) is 2.28. The molecule has 0 amide bonds. The van der Waals surface area contributed by atoms with E-state index >= 15 is 0 Å². The first-order valence-corrected chi connectivity index (χ1v) is 5.36. The van der Waals surface area contributed by atoms with E-state index in [1.807, 2.05) is 0 Å². The molecule has 5 nitrogen and oxygen atoms in total. The van der Waals surface area contributed by atoms with Crippen molar-refractivity contribution in [2.75, 3.05) is 19.3 Å². The van der Waals surface area contributed by atoms with Crippen molar-refractivity contribution in [3.63, 3.8) is 0 Å². The Bertz CT molecular complexity index is 349. The van der Waals surface area contributed by atoms with Gasteiger partial charge in [0, 0.05) is 0 Å². The van der Waals surface area contributed by atoms with Gasteiger partial charge in [0.05, 0.1) is 17.5 Å². The second-order valence-corrected chi connectivity index (χ2v) is 3.90. The summed E-state index contributed by atoms with van der Waals surface area (Å²) in [7, 11) is 1.77. The molecular weight excluding hydrogens is 230 g/mol. The molecule has 1 heterocycles. The third-order valence-corrected chi connectivity index (χ3v) is 2.47. The lowest BCUT2D eigenvalue weighted by Crippen LogP contribution is -2.24. The summed E-state index contributed by atoms with van der Waals surface area (Å²) in [5, 5.41) is 22.7. The lowest BCUT2D eigenvalue weighted by molar-refractivity contribution is 0.0120. The van der Waals surface area contributed by atoms with Gasteiger partial charge < -0.3 is 21.3 Å². The highest BCUT2D eigenvalue weighted by atomic mass is 35.5. The number of nitrogen functional groups attached to an aromatic ring is 1. The monoisotopic (exact) mass is 245 g/mol. The molecule has 0 saturated carbocycles. The zero-order valence-electron chi connectivity index (χ0n) is 9.02. The molecule has 6 heteroatoms. The number of anilines is 1. The van der Waals surface area contributed by atoms with Gasteiger partial charge in [0.1, 0.15) is 11.3 Å². The molecule has 16 heavy (non-hydrogen) atoms. The Kier molecular flexibility index (Phi) is 4.95. The van der Waals surface area contributed by atoms with Gasteiger partial charge in [-0.15, -0.1) is 0 Å². The maximum Gasteiger partial charge on any atom is 0.129 e. The highest BCUT2D eigenvalue weighted by molar-refractivity contribution is 6.29. The minimum Gasteiger partial charge on any atom is -0.397 e. The van der Waals surface area contributed by atoms with Crippen molar-refractivity contribution in [3.05, 3.63) is 23.0 Å². The second-order valence-electron chi connectivity index (χ2n) is 3.51. The van der Waals surface area contributed by atoms with E-state index in [-0.39, 0.29) is 10.8 Å². The molecule has 0 spiro atoms. The quantitative estimate of drug-likeness (QED) is 0.561. The zero-order valence-corrected chi connectivity index (χ0v) is 9.78. The summed E-state index contributed by atoms with van der Waals surface area (Å²) in [6, 6.07) is 3.09. The minimum atomic E-state index is -1.12. The van der Waals surface area contributed by atoms with Crippen molar-refractivity contribution >= 4 is 17.3 Å². The number of nitrogens with one attached hydrogen (secondary N) is 1. The molecule has 1 rings (SSSR count). The smallest absolute Gasteiger partial charge is 0.129 e. The van der Waals surface area contributed by atoms with Crippen LogP contribution in [0, 0.1) is 0 Å². The maximum atomic E-state index is 9.84. The molecule has 2 atom stereocenters. The van der Waals surface area contributed by atoms with Crippen LogP contribution in [0.2, 0.25) is 5.15 Å². The number of aliphatic hydroxyl groups is 2. The van der Waals surface area contributed by atoms with Crippen LogP contribution in [0.15, 0.2) is 12.1 Å². The van der Waals surface area contributed by atoms with Gasteiger partial charge >= 0.3 is 0 Å². The first-order valence-electron chi connectivity index (χ1n) is 4.99. The van der Waals surface area contributed by atoms with Gasteiger partial charge in [0.15, 0.2) is 0 Å². The molecule has 0 bridgehead atoms. The van der Waals surface area contributed by atoms with Gasteiger partial charge in [-0.3, -0.25) is 0 Å². The van der Waals surface area contributed by atoms with E-state index < -0.39 is 12.2 Å². The first-order chi connectivity index (χ1) is 7.56. The van der Waals surface area contributed by atoms with Crippen LogP contribution in [0.5, 0.6) is 0 Å². The van der Waals surface area contributed by atoms with Crippen molar-refractivity contribution in [1.29, 1.82) is 0 Å². The lowest BCUT2D eigenvalue weighted by Gasteiger charge is -2.18. The Hall–Kier alpha value is -0.880. The number of pyridine rings is 1. The molecule has 0 saturated heterocycles. The average molecular weight is 246 g/mol. The molecule has 0 aliphatic heterocycles. The number of aliphatic hydroxyl groups excluding tert-OH is 2. The summed E-state index contributed by atoms with van der Waals surface area (Å²) in [5.74, 6) is 0. The fourth-order valence-electron chi connectivity index (χ4n) is 1.33. The molecule has 90 valence electrons. The number of hydrogen-bond acceptors (Lipinski definition) is 5. The summed E-state index contributed by atoms with van der Waals surface area (Å²) in [6.45, 7) is 0.596. The van der Waals surface area contributed by atoms with Crippen LogP contribution in [-0.4, -0.2) is 34.9 Å². The van der Waals surface area contributed by atoms with E-state index in [4.69, 9.17) is 17.3 Å². The predicted octanol–water partition coefficient (Wildman–Crippen LogP) is 0.321. The summed E-state index contributed by atoms with van der Waals surface area (Å²) >= 11 is 5.70. The number of nitrogens with zero attached hydrogens (tertiary/aromatic N) is 1. The lowest BCUT2D eigenvalue weighted by atomic mass is 10.1. The van der Waals surface area contributed by atoms with Crippen molar-refractivity contribution in [3.8, 4) is 0 Å². The van der Waals surface area contributed by atoms with Gasteiger partial charge in [-0.1, -0.05) is 11.6 Å².